The molecule has 0 bridgehead atoms. The van der Waals surface area contributed by atoms with Gasteiger partial charge in [-0.3, -0.25) is 4.99 Å². The Morgan fingerprint density at radius 2 is 2.00 bits per heavy atom. The molecule has 1 aliphatic carbocycles. The number of unbranched alkanes of at least 4 members (excludes halogenated alkanes) is 2. The molecule has 0 atom stereocenters. The highest BCUT2D eigenvalue weighted by Crippen LogP contribution is 2.37. The largest absolute Gasteiger partial charge is 0.381 e. The van der Waals surface area contributed by atoms with Gasteiger partial charge in [0.15, 0.2) is 0 Å². The average Bonchev–Trinajstić information content (AvgIpc) is 2.89. The van der Waals surface area contributed by atoms with Crippen LogP contribution in [-0.2, 0) is 11.2 Å². The Morgan fingerprint density at radius 1 is 1.19 bits per heavy atom. The van der Waals surface area contributed by atoms with Crippen LogP contribution < -0.4 is 0 Å². The van der Waals surface area contributed by atoms with E-state index in [1.165, 1.54) is 54.5 Å². The third-order valence-electron chi connectivity index (χ3n) is 5.90. The average molecular weight is 352 g/mol. The molecule has 1 saturated carbocycles. The van der Waals surface area contributed by atoms with Gasteiger partial charge < -0.3 is 4.74 Å². The Labute approximate surface area is 159 Å². The zero-order valence-electron chi connectivity index (χ0n) is 16.5. The van der Waals surface area contributed by atoms with Crippen LogP contribution in [-0.4, -0.2) is 18.9 Å². The van der Waals surface area contributed by atoms with Gasteiger partial charge in [-0.05, 0) is 85.8 Å². The van der Waals surface area contributed by atoms with Gasteiger partial charge in [0.2, 0.25) is 0 Å². The van der Waals surface area contributed by atoms with E-state index in [1.807, 2.05) is 7.11 Å². The van der Waals surface area contributed by atoms with Gasteiger partial charge in [-0.25, -0.2) is 0 Å². The summed E-state index contributed by atoms with van der Waals surface area (Å²) in [7, 11) is 1.83. The van der Waals surface area contributed by atoms with Crippen LogP contribution in [0.5, 0.6) is 0 Å². The van der Waals surface area contributed by atoms with E-state index in [0.717, 1.165) is 31.4 Å². The van der Waals surface area contributed by atoms with E-state index >= 15 is 0 Å². The van der Waals surface area contributed by atoms with Gasteiger partial charge >= 0.3 is 0 Å². The van der Waals surface area contributed by atoms with Crippen molar-refractivity contribution >= 4 is 17.0 Å². The van der Waals surface area contributed by atoms with E-state index in [1.54, 1.807) is 0 Å². The van der Waals surface area contributed by atoms with Crippen molar-refractivity contribution in [3.05, 3.63) is 48.1 Å². The second-order valence-corrected chi connectivity index (χ2v) is 7.74. The summed E-state index contributed by atoms with van der Waals surface area (Å²) in [5.74, 6) is 0.592. The van der Waals surface area contributed by atoms with Gasteiger partial charge in [0, 0.05) is 12.8 Å². The summed E-state index contributed by atoms with van der Waals surface area (Å²) in [6.07, 6.45) is 15.4. The Kier molecular flexibility index (Phi) is 6.85. The second kappa shape index (κ2) is 9.32. The molecule has 0 N–H and O–H groups in total. The molecular weight excluding hydrogens is 318 g/mol. The standard InChI is InChI=1S/C24H33NO/c1-4-5-6-9-22-10-7-8-21-17-20(13-16-24(21)25-22)18(2)19-11-14-23(26-3)15-12-19/h7,10,13,16-17,19,23H,2,4-6,8-9,11-12,14-15H2,1,3H3. The number of ether oxygens (including phenoxy) is 1. The first-order valence-corrected chi connectivity index (χ1v) is 10.3. The molecule has 0 saturated heterocycles. The summed E-state index contributed by atoms with van der Waals surface area (Å²) in [5.41, 5.74) is 6.28. The van der Waals surface area contributed by atoms with Gasteiger partial charge in [-0.15, -0.1) is 0 Å². The number of hydrogen-bond donors (Lipinski definition) is 0. The van der Waals surface area contributed by atoms with Gasteiger partial charge in [0.05, 0.1) is 11.8 Å². The van der Waals surface area contributed by atoms with Gasteiger partial charge in [0.25, 0.3) is 0 Å². The molecular formula is C24H33NO. The van der Waals surface area contributed by atoms with Crippen LogP contribution in [0.15, 0.2) is 41.9 Å². The summed E-state index contributed by atoms with van der Waals surface area (Å²) < 4.78 is 5.51. The van der Waals surface area contributed by atoms with Crippen molar-refractivity contribution < 1.29 is 4.74 Å². The fourth-order valence-electron chi connectivity index (χ4n) is 4.15. The molecule has 1 aromatic carbocycles. The maximum absolute atomic E-state index is 5.51. The maximum Gasteiger partial charge on any atom is 0.0668 e. The van der Waals surface area contributed by atoms with E-state index < -0.39 is 0 Å². The molecule has 0 amide bonds. The van der Waals surface area contributed by atoms with E-state index in [9.17, 15) is 0 Å². The lowest BCUT2D eigenvalue weighted by molar-refractivity contribution is 0.0638. The lowest BCUT2D eigenvalue weighted by Gasteiger charge is -2.29. The molecule has 1 aromatic rings. The van der Waals surface area contributed by atoms with Crippen LogP contribution in [0.2, 0.25) is 0 Å². The monoisotopic (exact) mass is 351 g/mol. The fraction of sp³-hybridized carbons (Fsp3) is 0.542. The number of fused-ring (bicyclic) bond motifs is 1. The Morgan fingerprint density at radius 3 is 2.73 bits per heavy atom. The predicted molar refractivity (Wildman–Crippen MR) is 112 cm³/mol. The Hall–Kier alpha value is -1.67. The molecule has 2 heteroatoms. The first-order valence-electron chi connectivity index (χ1n) is 10.3. The van der Waals surface area contributed by atoms with Crippen LogP contribution in [0.25, 0.3) is 5.57 Å². The third kappa shape index (κ3) is 4.73. The van der Waals surface area contributed by atoms with Crippen LogP contribution in [0.4, 0.5) is 5.69 Å². The highest BCUT2D eigenvalue weighted by molar-refractivity contribution is 5.97. The summed E-state index contributed by atoms with van der Waals surface area (Å²) in [5, 5.41) is 0. The van der Waals surface area contributed by atoms with Gasteiger partial charge in [-0.1, -0.05) is 38.5 Å². The Balaban J connectivity index is 1.70. The van der Waals surface area contributed by atoms with Gasteiger partial charge in [0.1, 0.15) is 0 Å². The van der Waals surface area contributed by atoms with Crippen molar-refractivity contribution in [2.24, 2.45) is 10.9 Å². The molecule has 2 nitrogen and oxygen atoms in total. The fourth-order valence-corrected chi connectivity index (χ4v) is 4.15. The van der Waals surface area contributed by atoms with Crippen LogP contribution in [0, 0.1) is 5.92 Å². The molecule has 1 aliphatic heterocycles. The zero-order valence-corrected chi connectivity index (χ0v) is 16.5. The number of benzene rings is 1. The first kappa shape index (κ1) is 19.1. The maximum atomic E-state index is 5.51. The number of allylic oxidation sites excluding steroid dienone is 3. The van der Waals surface area contributed by atoms with Crippen LogP contribution >= 0.6 is 0 Å². The molecule has 0 radical (unpaired) electrons. The number of aliphatic imine (C=N–C) groups is 1. The number of nitrogens with zero attached hydrogens (tertiary/aromatic N) is 1. The van der Waals surface area contributed by atoms with E-state index in [-0.39, 0.29) is 0 Å². The normalized spacial score (nSPS) is 22.5. The molecule has 1 fully saturated rings. The highest BCUT2D eigenvalue weighted by Gasteiger charge is 2.23. The zero-order chi connectivity index (χ0) is 18.4. The molecule has 0 unspecified atom stereocenters. The SMILES string of the molecule is C=C(c1ccc2c(c1)CC=CC(CCCCC)=N2)C1CCC(OC)CC1. The third-order valence-corrected chi connectivity index (χ3v) is 5.90. The molecule has 0 spiro atoms. The lowest BCUT2D eigenvalue weighted by Crippen LogP contribution is -2.20. The lowest BCUT2D eigenvalue weighted by atomic mass is 9.80. The van der Waals surface area contributed by atoms with Crippen molar-refractivity contribution in [2.75, 3.05) is 7.11 Å². The van der Waals surface area contributed by atoms with Crippen LogP contribution in [0.3, 0.4) is 0 Å². The molecule has 26 heavy (non-hydrogen) atoms. The van der Waals surface area contributed by atoms with E-state index in [4.69, 9.17) is 9.73 Å². The van der Waals surface area contributed by atoms with Crippen molar-refractivity contribution in [3.63, 3.8) is 0 Å². The summed E-state index contributed by atoms with van der Waals surface area (Å²) >= 11 is 0. The van der Waals surface area contributed by atoms with Crippen molar-refractivity contribution in [2.45, 2.75) is 70.8 Å². The molecule has 2 aliphatic rings. The summed E-state index contributed by atoms with van der Waals surface area (Å²) in [6, 6.07) is 6.74. The number of hydrogen-bond acceptors (Lipinski definition) is 2. The van der Waals surface area contributed by atoms with Crippen LogP contribution in [0.1, 0.15) is 69.4 Å². The van der Waals surface area contributed by atoms with Gasteiger partial charge in [-0.2, -0.15) is 0 Å². The van der Waals surface area contributed by atoms with Crippen molar-refractivity contribution in [3.8, 4) is 0 Å². The summed E-state index contributed by atoms with van der Waals surface area (Å²) in [4.78, 5) is 4.93. The number of methoxy groups -OCH3 is 1. The smallest absolute Gasteiger partial charge is 0.0668 e. The van der Waals surface area contributed by atoms with Crippen molar-refractivity contribution in [1.29, 1.82) is 0 Å². The second-order valence-electron chi connectivity index (χ2n) is 7.74. The minimum atomic E-state index is 0.441. The molecule has 3 rings (SSSR count). The molecule has 1 heterocycles. The highest BCUT2D eigenvalue weighted by atomic mass is 16.5. The first-order chi connectivity index (χ1) is 12.7. The van der Waals surface area contributed by atoms with Crippen molar-refractivity contribution in [1.82, 2.24) is 0 Å². The number of rotatable bonds is 7. The van der Waals surface area contributed by atoms with E-state index in [0.29, 0.717) is 12.0 Å². The van der Waals surface area contributed by atoms with E-state index in [2.05, 4.69) is 43.9 Å². The molecule has 140 valence electrons. The topological polar surface area (TPSA) is 21.6 Å². The quantitative estimate of drug-likeness (QED) is 0.503. The predicted octanol–water partition coefficient (Wildman–Crippen LogP) is 6.67. The summed E-state index contributed by atoms with van der Waals surface area (Å²) in [6.45, 7) is 6.69. The minimum Gasteiger partial charge on any atom is -0.381 e. The Bertz CT molecular complexity index is 677. The minimum absolute atomic E-state index is 0.441. The molecule has 0 aromatic heterocycles.